The van der Waals surface area contributed by atoms with Crippen molar-refractivity contribution in [3.05, 3.63) is 0 Å². The molecule has 1 N–H and O–H groups in total. The second kappa shape index (κ2) is 6.37. The molecule has 0 saturated carbocycles. The van der Waals surface area contributed by atoms with Crippen molar-refractivity contribution in [1.82, 2.24) is 0 Å². The van der Waals surface area contributed by atoms with Crippen LogP contribution in [-0.4, -0.2) is 36.9 Å². The molecule has 0 aromatic carbocycles. The van der Waals surface area contributed by atoms with E-state index < -0.39 is 17.9 Å². The molecule has 0 bridgehead atoms. The van der Waals surface area contributed by atoms with E-state index in [1.165, 1.54) is 7.11 Å². The molecule has 0 heterocycles. The number of carboxylic acids is 1. The van der Waals surface area contributed by atoms with Crippen LogP contribution in [0.4, 0.5) is 0 Å². The van der Waals surface area contributed by atoms with Crippen molar-refractivity contribution in [3.8, 4) is 0 Å². The fourth-order valence-corrected chi connectivity index (χ4v) is 0.969. The molecular formula is C9H16O5. The van der Waals surface area contributed by atoms with Gasteiger partial charge in [-0.3, -0.25) is 9.59 Å². The van der Waals surface area contributed by atoms with Crippen LogP contribution in [0.1, 0.15) is 20.3 Å². The van der Waals surface area contributed by atoms with Crippen molar-refractivity contribution >= 4 is 11.9 Å². The molecule has 0 aliphatic heterocycles. The summed E-state index contributed by atoms with van der Waals surface area (Å²) in [5, 5.41) is 8.76. The molecular weight excluding hydrogens is 188 g/mol. The van der Waals surface area contributed by atoms with E-state index in [0.29, 0.717) is 0 Å². The Morgan fingerprint density at radius 2 is 2.00 bits per heavy atom. The van der Waals surface area contributed by atoms with Gasteiger partial charge in [-0.1, -0.05) is 0 Å². The largest absolute Gasteiger partial charge is 0.481 e. The molecule has 0 amide bonds. The summed E-state index contributed by atoms with van der Waals surface area (Å²) in [6.45, 7) is 3.52. The van der Waals surface area contributed by atoms with Crippen molar-refractivity contribution in [1.29, 1.82) is 0 Å². The van der Waals surface area contributed by atoms with E-state index in [1.807, 2.05) is 0 Å². The molecule has 2 unspecified atom stereocenters. The summed E-state index contributed by atoms with van der Waals surface area (Å²) in [5.41, 5.74) is 0. The van der Waals surface area contributed by atoms with Crippen LogP contribution in [0.15, 0.2) is 0 Å². The number of ether oxygens (including phenoxy) is 2. The standard InChI is InChI=1S/C9H16O5/c1-4-14-9(12)7(8(10)11)5-6(2)13-3/h6-7H,4-5H2,1-3H3,(H,10,11). The number of carbonyl (C=O) groups is 2. The Bertz CT molecular complexity index is 201. The normalized spacial score (nSPS) is 14.5. The zero-order chi connectivity index (χ0) is 11.1. The summed E-state index contributed by atoms with van der Waals surface area (Å²) in [7, 11) is 1.47. The Balaban J connectivity index is 4.29. The topological polar surface area (TPSA) is 72.8 Å². The molecule has 5 nitrogen and oxygen atoms in total. The van der Waals surface area contributed by atoms with Gasteiger partial charge in [-0.2, -0.15) is 0 Å². The van der Waals surface area contributed by atoms with Gasteiger partial charge in [-0.15, -0.1) is 0 Å². The monoisotopic (exact) mass is 204 g/mol. The summed E-state index contributed by atoms with van der Waals surface area (Å²) in [4.78, 5) is 21.9. The van der Waals surface area contributed by atoms with Gasteiger partial charge in [0.1, 0.15) is 0 Å². The average Bonchev–Trinajstić information content (AvgIpc) is 2.13. The van der Waals surface area contributed by atoms with E-state index >= 15 is 0 Å². The van der Waals surface area contributed by atoms with Crippen LogP contribution in [0.25, 0.3) is 0 Å². The van der Waals surface area contributed by atoms with E-state index in [9.17, 15) is 9.59 Å². The first-order valence-electron chi connectivity index (χ1n) is 4.45. The summed E-state index contributed by atoms with van der Waals surface area (Å²) in [5.74, 6) is -3.01. The van der Waals surface area contributed by atoms with Crippen LogP contribution < -0.4 is 0 Å². The van der Waals surface area contributed by atoms with Crippen LogP contribution in [0.5, 0.6) is 0 Å². The summed E-state index contributed by atoms with van der Waals surface area (Å²) in [6.07, 6.45) is -0.148. The van der Waals surface area contributed by atoms with Gasteiger partial charge in [0.05, 0.1) is 12.7 Å². The van der Waals surface area contributed by atoms with Crippen LogP contribution >= 0.6 is 0 Å². The number of aliphatic carboxylic acids is 1. The number of rotatable bonds is 6. The van der Waals surface area contributed by atoms with E-state index in [4.69, 9.17) is 9.84 Å². The van der Waals surface area contributed by atoms with E-state index in [1.54, 1.807) is 13.8 Å². The lowest BCUT2D eigenvalue weighted by Gasteiger charge is -2.14. The molecule has 2 atom stereocenters. The summed E-state index contributed by atoms with van der Waals surface area (Å²) >= 11 is 0. The SMILES string of the molecule is CCOC(=O)C(CC(C)OC)C(=O)O. The smallest absolute Gasteiger partial charge is 0.320 e. The van der Waals surface area contributed by atoms with Crippen molar-refractivity contribution in [3.63, 3.8) is 0 Å². The third-order valence-corrected chi connectivity index (χ3v) is 1.84. The number of hydrogen-bond acceptors (Lipinski definition) is 4. The first kappa shape index (κ1) is 12.9. The number of hydrogen-bond donors (Lipinski definition) is 1. The first-order chi connectivity index (χ1) is 6.52. The zero-order valence-corrected chi connectivity index (χ0v) is 8.65. The average molecular weight is 204 g/mol. The highest BCUT2D eigenvalue weighted by Gasteiger charge is 2.29. The molecule has 0 aliphatic carbocycles. The maximum atomic E-state index is 11.2. The lowest BCUT2D eigenvalue weighted by molar-refractivity contribution is -0.159. The van der Waals surface area contributed by atoms with Gasteiger partial charge >= 0.3 is 11.9 Å². The summed E-state index contributed by atoms with van der Waals surface area (Å²) in [6, 6.07) is 0. The molecule has 82 valence electrons. The second-order valence-corrected chi connectivity index (χ2v) is 2.92. The minimum Gasteiger partial charge on any atom is -0.481 e. The molecule has 0 aliphatic rings. The zero-order valence-electron chi connectivity index (χ0n) is 8.65. The Labute approximate surface area is 83.0 Å². The van der Waals surface area contributed by atoms with Gasteiger partial charge < -0.3 is 14.6 Å². The van der Waals surface area contributed by atoms with Crippen LogP contribution in [0.3, 0.4) is 0 Å². The molecule has 0 rings (SSSR count). The molecule has 14 heavy (non-hydrogen) atoms. The fourth-order valence-electron chi connectivity index (χ4n) is 0.969. The van der Waals surface area contributed by atoms with Gasteiger partial charge in [-0.25, -0.2) is 0 Å². The third kappa shape index (κ3) is 4.23. The molecule has 0 saturated heterocycles. The predicted octanol–water partition coefficient (Wildman–Crippen LogP) is 0.675. The number of esters is 1. The highest BCUT2D eigenvalue weighted by Crippen LogP contribution is 2.11. The number of carboxylic acid groups (broad SMARTS) is 1. The Morgan fingerprint density at radius 1 is 1.43 bits per heavy atom. The molecule has 0 radical (unpaired) electrons. The maximum Gasteiger partial charge on any atom is 0.320 e. The lowest BCUT2D eigenvalue weighted by atomic mass is 10.0. The second-order valence-electron chi connectivity index (χ2n) is 2.92. The number of methoxy groups -OCH3 is 1. The van der Waals surface area contributed by atoms with Crippen molar-refractivity contribution < 1.29 is 24.2 Å². The third-order valence-electron chi connectivity index (χ3n) is 1.84. The Hall–Kier alpha value is -1.10. The van der Waals surface area contributed by atoms with Crippen LogP contribution in [0.2, 0.25) is 0 Å². The van der Waals surface area contributed by atoms with Gasteiger partial charge in [0.25, 0.3) is 0 Å². The minimum atomic E-state index is -1.17. The van der Waals surface area contributed by atoms with Crippen molar-refractivity contribution in [2.24, 2.45) is 5.92 Å². The molecule has 0 fully saturated rings. The van der Waals surface area contributed by atoms with Gasteiger partial charge in [-0.05, 0) is 20.3 Å². The lowest BCUT2D eigenvalue weighted by Crippen LogP contribution is -2.29. The molecule has 5 heteroatoms. The van der Waals surface area contributed by atoms with Crippen LogP contribution in [0, 0.1) is 5.92 Å². The predicted molar refractivity (Wildman–Crippen MR) is 48.8 cm³/mol. The van der Waals surface area contributed by atoms with E-state index in [0.717, 1.165) is 0 Å². The highest BCUT2D eigenvalue weighted by molar-refractivity contribution is 5.93. The maximum absolute atomic E-state index is 11.2. The first-order valence-corrected chi connectivity index (χ1v) is 4.45. The molecule has 0 aromatic rings. The fraction of sp³-hybridized carbons (Fsp3) is 0.778. The minimum absolute atomic E-state index is 0.130. The summed E-state index contributed by atoms with van der Waals surface area (Å²) < 4.78 is 9.52. The quantitative estimate of drug-likeness (QED) is 0.508. The van der Waals surface area contributed by atoms with E-state index in [-0.39, 0.29) is 19.1 Å². The molecule has 0 spiro atoms. The van der Waals surface area contributed by atoms with Gasteiger partial charge in [0.15, 0.2) is 5.92 Å². The van der Waals surface area contributed by atoms with E-state index in [2.05, 4.69) is 4.74 Å². The van der Waals surface area contributed by atoms with Gasteiger partial charge in [0, 0.05) is 7.11 Å². The van der Waals surface area contributed by atoms with Gasteiger partial charge in [0.2, 0.25) is 0 Å². The highest BCUT2D eigenvalue weighted by atomic mass is 16.5. The van der Waals surface area contributed by atoms with Crippen molar-refractivity contribution in [2.75, 3.05) is 13.7 Å². The van der Waals surface area contributed by atoms with Crippen LogP contribution in [-0.2, 0) is 19.1 Å². The Morgan fingerprint density at radius 3 is 2.36 bits per heavy atom. The number of carbonyl (C=O) groups excluding carboxylic acids is 1. The Kier molecular flexibility index (Phi) is 5.87. The molecule has 0 aromatic heterocycles. The van der Waals surface area contributed by atoms with Crippen molar-refractivity contribution in [2.45, 2.75) is 26.4 Å².